The van der Waals surface area contributed by atoms with E-state index in [1.807, 2.05) is 11.8 Å². The molecule has 3 heteroatoms. The Morgan fingerprint density at radius 1 is 1.60 bits per heavy atom. The summed E-state index contributed by atoms with van der Waals surface area (Å²) in [5, 5.41) is 0. The summed E-state index contributed by atoms with van der Waals surface area (Å²) in [5.74, 6) is 0.133. The van der Waals surface area contributed by atoms with Gasteiger partial charge < -0.3 is 9.64 Å². The molecule has 0 aliphatic carbocycles. The molecule has 1 rings (SSSR count). The van der Waals surface area contributed by atoms with Crippen LogP contribution < -0.4 is 0 Å². The van der Waals surface area contributed by atoms with Crippen molar-refractivity contribution in [2.75, 3.05) is 26.3 Å². The van der Waals surface area contributed by atoms with Crippen molar-refractivity contribution in [1.29, 1.82) is 0 Å². The van der Waals surface area contributed by atoms with Crippen LogP contribution in [0.2, 0.25) is 0 Å². The minimum Gasteiger partial charge on any atom is -0.372 e. The zero-order chi connectivity index (χ0) is 7.40. The molecule has 3 nitrogen and oxygen atoms in total. The van der Waals surface area contributed by atoms with Crippen molar-refractivity contribution in [3.8, 4) is 0 Å². The lowest BCUT2D eigenvalue weighted by atomic mass is 10.2. The Labute approximate surface area is 61.0 Å². The van der Waals surface area contributed by atoms with Crippen LogP contribution in [0.4, 0.5) is 0 Å². The first-order chi connectivity index (χ1) is 4.84. The lowest BCUT2D eigenvalue weighted by Gasteiger charge is -2.30. The van der Waals surface area contributed by atoms with Gasteiger partial charge in [0.05, 0.1) is 0 Å². The highest BCUT2D eigenvalue weighted by molar-refractivity contribution is 5.78. The monoisotopic (exact) mass is 143 g/mol. The van der Waals surface area contributed by atoms with Gasteiger partial charge in [-0.25, -0.2) is 0 Å². The molecule has 0 bridgehead atoms. The first-order valence-corrected chi connectivity index (χ1v) is 3.70. The van der Waals surface area contributed by atoms with Crippen LogP contribution >= 0.6 is 0 Å². The Hall–Kier alpha value is -0.570. The molecule has 0 saturated carbocycles. The second kappa shape index (κ2) is 3.56. The third-order valence-corrected chi connectivity index (χ3v) is 1.64. The zero-order valence-electron chi connectivity index (χ0n) is 6.30. The Balaban J connectivity index is 2.08. The van der Waals surface area contributed by atoms with Crippen molar-refractivity contribution in [3.05, 3.63) is 0 Å². The topological polar surface area (TPSA) is 29.5 Å². The van der Waals surface area contributed by atoms with Gasteiger partial charge in [0.2, 0.25) is 5.91 Å². The molecule has 0 radical (unpaired) electrons. The molecule has 58 valence electrons. The molecule has 1 saturated heterocycles. The van der Waals surface area contributed by atoms with Crippen LogP contribution in [0.5, 0.6) is 0 Å². The molecule has 1 aliphatic rings. The fraction of sp³-hybridized carbons (Fsp3) is 0.857. The van der Waals surface area contributed by atoms with Gasteiger partial charge in [-0.05, 0) is 13.3 Å². The summed E-state index contributed by atoms with van der Waals surface area (Å²) in [7, 11) is 0. The average molecular weight is 143 g/mol. The number of carbonyl (C=O) groups is 1. The van der Waals surface area contributed by atoms with Crippen LogP contribution in [0.1, 0.15) is 13.3 Å². The Bertz CT molecular complexity index is 121. The molecule has 0 unspecified atom stereocenters. The molecule has 1 fully saturated rings. The lowest BCUT2D eigenvalue weighted by Crippen LogP contribution is -2.43. The van der Waals surface area contributed by atoms with Gasteiger partial charge in [-0.1, -0.05) is 0 Å². The Kier molecular flexibility index (Phi) is 2.68. The highest BCUT2D eigenvalue weighted by Crippen LogP contribution is 2.05. The third-order valence-electron chi connectivity index (χ3n) is 1.64. The van der Waals surface area contributed by atoms with Crippen LogP contribution in [0.25, 0.3) is 0 Å². The van der Waals surface area contributed by atoms with Gasteiger partial charge in [0.15, 0.2) is 0 Å². The number of carbonyl (C=O) groups excluding carboxylic acids is 1. The van der Waals surface area contributed by atoms with E-state index in [0.29, 0.717) is 6.61 Å². The van der Waals surface area contributed by atoms with E-state index in [1.54, 1.807) is 0 Å². The molecule has 0 spiro atoms. The fourth-order valence-corrected chi connectivity index (χ4v) is 0.846. The number of ether oxygens (including phenoxy) is 1. The highest BCUT2D eigenvalue weighted by atomic mass is 16.5. The van der Waals surface area contributed by atoms with Crippen LogP contribution in [0.15, 0.2) is 0 Å². The van der Waals surface area contributed by atoms with Crippen LogP contribution in [-0.2, 0) is 9.53 Å². The van der Waals surface area contributed by atoms with Crippen molar-refractivity contribution in [3.63, 3.8) is 0 Å². The van der Waals surface area contributed by atoms with Gasteiger partial charge in [0, 0.05) is 19.7 Å². The van der Waals surface area contributed by atoms with Gasteiger partial charge in [-0.2, -0.15) is 0 Å². The van der Waals surface area contributed by atoms with E-state index in [1.165, 1.54) is 0 Å². The summed E-state index contributed by atoms with van der Waals surface area (Å²) in [6.07, 6.45) is 1.15. The van der Waals surface area contributed by atoms with Gasteiger partial charge >= 0.3 is 0 Å². The molecule has 0 aromatic heterocycles. The van der Waals surface area contributed by atoms with E-state index < -0.39 is 0 Å². The Morgan fingerprint density at radius 2 is 2.30 bits per heavy atom. The molecule has 0 atom stereocenters. The number of hydrogen-bond acceptors (Lipinski definition) is 2. The maximum absolute atomic E-state index is 11.0. The van der Waals surface area contributed by atoms with Crippen molar-refractivity contribution in [2.45, 2.75) is 13.3 Å². The molecule has 0 aromatic carbocycles. The minimum atomic E-state index is 0.133. The van der Waals surface area contributed by atoms with E-state index in [4.69, 9.17) is 4.74 Å². The van der Waals surface area contributed by atoms with E-state index in [9.17, 15) is 4.79 Å². The molecule has 1 aliphatic heterocycles. The molecule has 10 heavy (non-hydrogen) atoms. The van der Waals surface area contributed by atoms with Gasteiger partial charge in [0.25, 0.3) is 0 Å². The standard InChI is InChI=1S/C7H13NO2/c1-2-10-6-7(9)8-4-3-5-8/h2-6H2,1H3. The minimum absolute atomic E-state index is 0.133. The number of hydrogen-bond donors (Lipinski definition) is 0. The third kappa shape index (κ3) is 1.70. The van der Waals surface area contributed by atoms with Crippen molar-refractivity contribution >= 4 is 5.91 Å². The summed E-state index contributed by atoms with van der Waals surface area (Å²) in [6.45, 7) is 4.62. The predicted molar refractivity (Wildman–Crippen MR) is 37.7 cm³/mol. The van der Waals surface area contributed by atoms with E-state index >= 15 is 0 Å². The zero-order valence-corrected chi connectivity index (χ0v) is 6.30. The number of rotatable bonds is 3. The van der Waals surface area contributed by atoms with Crippen molar-refractivity contribution in [2.24, 2.45) is 0 Å². The maximum Gasteiger partial charge on any atom is 0.248 e. The van der Waals surface area contributed by atoms with Gasteiger partial charge in [-0.3, -0.25) is 4.79 Å². The molecule has 1 amide bonds. The largest absolute Gasteiger partial charge is 0.372 e. The second-order valence-electron chi connectivity index (χ2n) is 2.37. The molecule has 0 N–H and O–H groups in total. The number of nitrogens with zero attached hydrogens (tertiary/aromatic N) is 1. The summed E-state index contributed by atoms with van der Waals surface area (Å²) in [4.78, 5) is 12.8. The second-order valence-corrected chi connectivity index (χ2v) is 2.37. The van der Waals surface area contributed by atoms with E-state index in [2.05, 4.69) is 0 Å². The molecule has 0 aromatic rings. The van der Waals surface area contributed by atoms with E-state index in [0.717, 1.165) is 19.5 Å². The SMILES string of the molecule is CCOCC(=O)N1CCC1. The van der Waals surface area contributed by atoms with Crippen LogP contribution in [-0.4, -0.2) is 37.1 Å². The molecular weight excluding hydrogens is 130 g/mol. The fourth-order valence-electron chi connectivity index (χ4n) is 0.846. The summed E-state index contributed by atoms with van der Waals surface area (Å²) < 4.78 is 4.96. The summed E-state index contributed by atoms with van der Waals surface area (Å²) in [6, 6.07) is 0. The average Bonchev–Trinajstić information content (AvgIpc) is 1.79. The predicted octanol–water partition coefficient (Wildman–Crippen LogP) is 0.255. The van der Waals surface area contributed by atoms with Gasteiger partial charge in [0.1, 0.15) is 6.61 Å². The van der Waals surface area contributed by atoms with Crippen LogP contribution in [0, 0.1) is 0 Å². The highest BCUT2D eigenvalue weighted by Gasteiger charge is 2.19. The maximum atomic E-state index is 11.0. The number of likely N-dealkylation sites (tertiary alicyclic amines) is 1. The first kappa shape index (κ1) is 7.54. The van der Waals surface area contributed by atoms with Crippen molar-refractivity contribution < 1.29 is 9.53 Å². The molecular formula is C7H13NO2. The normalized spacial score (nSPS) is 16.7. The lowest BCUT2D eigenvalue weighted by molar-refractivity contribution is -0.139. The molecule has 1 heterocycles. The quantitative estimate of drug-likeness (QED) is 0.567. The first-order valence-electron chi connectivity index (χ1n) is 3.70. The smallest absolute Gasteiger partial charge is 0.248 e. The van der Waals surface area contributed by atoms with E-state index in [-0.39, 0.29) is 12.5 Å². The number of amides is 1. The van der Waals surface area contributed by atoms with Gasteiger partial charge in [-0.15, -0.1) is 0 Å². The van der Waals surface area contributed by atoms with Crippen molar-refractivity contribution in [1.82, 2.24) is 4.90 Å². The summed E-state index contributed by atoms with van der Waals surface area (Å²) in [5.41, 5.74) is 0. The summed E-state index contributed by atoms with van der Waals surface area (Å²) >= 11 is 0. The Morgan fingerprint density at radius 3 is 2.70 bits per heavy atom. The van der Waals surface area contributed by atoms with Crippen LogP contribution in [0.3, 0.4) is 0 Å².